The van der Waals surface area contributed by atoms with Crippen molar-refractivity contribution >= 4 is 17.4 Å². The molecular formula is C11H9ClN2. The van der Waals surface area contributed by atoms with Gasteiger partial charge in [-0.2, -0.15) is 0 Å². The Balaban J connectivity index is 2.57. The molecule has 0 aliphatic rings. The van der Waals surface area contributed by atoms with Crippen molar-refractivity contribution in [3.8, 4) is 11.1 Å². The first-order chi connectivity index (χ1) is 6.77. The molecule has 14 heavy (non-hydrogen) atoms. The third kappa shape index (κ3) is 1.70. The van der Waals surface area contributed by atoms with E-state index in [-0.39, 0.29) is 0 Å². The van der Waals surface area contributed by atoms with Crippen molar-refractivity contribution in [2.45, 2.75) is 0 Å². The molecule has 3 heteroatoms. The molecule has 1 heterocycles. The molecule has 70 valence electrons. The topological polar surface area (TPSA) is 38.9 Å². The molecule has 0 atom stereocenters. The molecule has 0 amide bonds. The van der Waals surface area contributed by atoms with Crippen LogP contribution in [0.1, 0.15) is 0 Å². The Morgan fingerprint density at radius 1 is 1.14 bits per heavy atom. The number of hydrogen-bond donors (Lipinski definition) is 1. The number of halogens is 1. The molecule has 0 unspecified atom stereocenters. The van der Waals surface area contributed by atoms with Crippen LogP contribution in [0.3, 0.4) is 0 Å². The molecule has 0 fully saturated rings. The number of benzene rings is 1. The van der Waals surface area contributed by atoms with Crippen molar-refractivity contribution in [1.82, 2.24) is 4.98 Å². The minimum Gasteiger partial charge on any atom is -0.384 e. The Hall–Kier alpha value is -1.54. The van der Waals surface area contributed by atoms with Gasteiger partial charge in [-0.25, -0.2) is 4.98 Å². The summed E-state index contributed by atoms with van der Waals surface area (Å²) in [6.45, 7) is 0. The van der Waals surface area contributed by atoms with Gasteiger partial charge in [0.05, 0.1) is 5.02 Å². The van der Waals surface area contributed by atoms with E-state index in [9.17, 15) is 0 Å². The molecule has 2 rings (SSSR count). The zero-order valence-electron chi connectivity index (χ0n) is 7.44. The van der Waals surface area contributed by atoms with Crippen LogP contribution in [-0.2, 0) is 0 Å². The summed E-state index contributed by atoms with van der Waals surface area (Å²) in [5.74, 6) is 0.480. The van der Waals surface area contributed by atoms with Crippen LogP contribution < -0.4 is 5.73 Å². The third-order valence-corrected chi connectivity index (χ3v) is 2.26. The molecule has 0 aliphatic heterocycles. The SMILES string of the molecule is Nc1cc(-c2ccccc2)c(Cl)cn1. The van der Waals surface area contributed by atoms with Gasteiger partial charge in [-0.15, -0.1) is 0 Å². The average molecular weight is 205 g/mol. The smallest absolute Gasteiger partial charge is 0.124 e. The minimum atomic E-state index is 0.480. The average Bonchev–Trinajstić information content (AvgIpc) is 2.23. The number of nitrogens with zero attached hydrogens (tertiary/aromatic N) is 1. The van der Waals surface area contributed by atoms with Crippen molar-refractivity contribution in [2.75, 3.05) is 5.73 Å². The number of nitrogen functional groups attached to an aromatic ring is 1. The van der Waals surface area contributed by atoms with Gasteiger partial charge in [0.1, 0.15) is 5.82 Å². The van der Waals surface area contributed by atoms with Crippen LogP contribution in [0.5, 0.6) is 0 Å². The molecule has 1 aromatic heterocycles. The lowest BCUT2D eigenvalue weighted by atomic mass is 10.1. The second-order valence-electron chi connectivity index (χ2n) is 2.96. The molecule has 0 saturated carbocycles. The highest BCUT2D eigenvalue weighted by molar-refractivity contribution is 6.33. The van der Waals surface area contributed by atoms with E-state index in [1.165, 1.54) is 0 Å². The molecular weight excluding hydrogens is 196 g/mol. The van der Waals surface area contributed by atoms with Crippen LogP contribution in [0.4, 0.5) is 5.82 Å². The molecule has 2 aromatic rings. The molecule has 2 N–H and O–H groups in total. The summed E-state index contributed by atoms with van der Waals surface area (Å²) in [5.41, 5.74) is 7.56. The number of pyridine rings is 1. The first-order valence-electron chi connectivity index (χ1n) is 4.24. The van der Waals surface area contributed by atoms with Gasteiger partial charge in [0.15, 0.2) is 0 Å². The van der Waals surface area contributed by atoms with E-state index < -0.39 is 0 Å². The van der Waals surface area contributed by atoms with Crippen molar-refractivity contribution in [3.63, 3.8) is 0 Å². The normalized spacial score (nSPS) is 10.1. The van der Waals surface area contributed by atoms with Crippen LogP contribution in [0.15, 0.2) is 42.6 Å². The van der Waals surface area contributed by atoms with Gasteiger partial charge in [-0.3, -0.25) is 0 Å². The van der Waals surface area contributed by atoms with Crippen molar-refractivity contribution in [2.24, 2.45) is 0 Å². The van der Waals surface area contributed by atoms with Gasteiger partial charge in [0.25, 0.3) is 0 Å². The standard InChI is InChI=1S/C11H9ClN2/c12-10-7-14-11(13)6-9(10)8-4-2-1-3-5-8/h1-7H,(H2,13,14). The number of hydrogen-bond acceptors (Lipinski definition) is 2. The monoisotopic (exact) mass is 204 g/mol. The van der Waals surface area contributed by atoms with E-state index >= 15 is 0 Å². The quantitative estimate of drug-likeness (QED) is 0.776. The van der Waals surface area contributed by atoms with Crippen LogP contribution >= 0.6 is 11.6 Å². The minimum absolute atomic E-state index is 0.480. The van der Waals surface area contributed by atoms with Gasteiger partial charge >= 0.3 is 0 Å². The highest BCUT2D eigenvalue weighted by Gasteiger charge is 2.03. The molecule has 1 aromatic carbocycles. The van der Waals surface area contributed by atoms with E-state index in [0.29, 0.717) is 10.8 Å². The maximum atomic E-state index is 6.01. The summed E-state index contributed by atoms with van der Waals surface area (Å²) in [6.07, 6.45) is 1.57. The van der Waals surface area contributed by atoms with Crippen LogP contribution in [-0.4, -0.2) is 4.98 Å². The predicted molar refractivity (Wildman–Crippen MR) is 59.1 cm³/mol. The first kappa shape index (κ1) is 9.03. The fourth-order valence-corrected chi connectivity index (χ4v) is 1.51. The highest BCUT2D eigenvalue weighted by atomic mass is 35.5. The second kappa shape index (κ2) is 3.68. The Morgan fingerprint density at radius 3 is 2.57 bits per heavy atom. The summed E-state index contributed by atoms with van der Waals surface area (Å²) in [6, 6.07) is 11.6. The summed E-state index contributed by atoms with van der Waals surface area (Å²) in [4.78, 5) is 3.91. The van der Waals surface area contributed by atoms with E-state index in [1.807, 2.05) is 30.3 Å². The summed E-state index contributed by atoms with van der Waals surface area (Å²) in [5, 5.41) is 0.616. The Labute approximate surface area is 87.4 Å². The van der Waals surface area contributed by atoms with Crippen LogP contribution in [0.25, 0.3) is 11.1 Å². The molecule has 0 spiro atoms. The van der Waals surface area contributed by atoms with E-state index in [4.69, 9.17) is 17.3 Å². The van der Waals surface area contributed by atoms with Crippen molar-refractivity contribution in [3.05, 3.63) is 47.6 Å². The second-order valence-corrected chi connectivity index (χ2v) is 3.36. The number of aromatic nitrogens is 1. The van der Waals surface area contributed by atoms with E-state index in [0.717, 1.165) is 11.1 Å². The van der Waals surface area contributed by atoms with Gasteiger partial charge in [-0.05, 0) is 11.6 Å². The van der Waals surface area contributed by atoms with Crippen LogP contribution in [0, 0.1) is 0 Å². The molecule has 0 radical (unpaired) electrons. The van der Waals surface area contributed by atoms with Gasteiger partial charge in [0, 0.05) is 11.8 Å². The lowest BCUT2D eigenvalue weighted by molar-refractivity contribution is 1.34. The summed E-state index contributed by atoms with van der Waals surface area (Å²) >= 11 is 6.01. The molecule has 0 bridgehead atoms. The third-order valence-electron chi connectivity index (χ3n) is 1.96. The lowest BCUT2D eigenvalue weighted by Crippen LogP contribution is -1.90. The Morgan fingerprint density at radius 2 is 1.86 bits per heavy atom. The van der Waals surface area contributed by atoms with Crippen LogP contribution in [0.2, 0.25) is 5.02 Å². The Bertz CT molecular complexity index is 440. The lowest BCUT2D eigenvalue weighted by Gasteiger charge is -2.04. The van der Waals surface area contributed by atoms with Gasteiger partial charge in [-0.1, -0.05) is 41.9 Å². The maximum absolute atomic E-state index is 6.01. The van der Waals surface area contributed by atoms with Gasteiger partial charge < -0.3 is 5.73 Å². The maximum Gasteiger partial charge on any atom is 0.124 e. The van der Waals surface area contributed by atoms with Crippen molar-refractivity contribution in [1.29, 1.82) is 0 Å². The molecule has 0 aliphatic carbocycles. The number of anilines is 1. The zero-order valence-corrected chi connectivity index (χ0v) is 8.20. The zero-order chi connectivity index (χ0) is 9.97. The number of rotatable bonds is 1. The number of nitrogens with two attached hydrogens (primary N) is 1. The van der Waals surface area contributed by atoms with Crippen molar-refractivity contribution < 1.29 is 0 Å². The first-order valence-corrected chi connectivity index (χ1v) is 4.61. The predicted octanol–water partition coefficient (Wildman–Crippen LogP) is 2.98. The summed E-state index contributed by atoms with van der Waals surface area (Å²) in [7, 11) is 0. The fraction of sp³-hybridized carbons (Fsp3) is 0. The largest absolute Gasteiger partial charge is 0.384 e. The molecule has 0 saturated heterocycles. The highest BCUT2D eigenvalue weighted by Crippen LogP contribution is 2.27. The van der Waals surface area contributed by atoms with E-state index in [2.05, 4.69) is 4.98 Å². The fourth-order valence-electron chi connectivity index (χ4n) is 1.29. The summed E-state index contributed by atoms with van der Waals surface area (Å²) < 4.78 is 0. The Kier molecular flexibility index (Phi) is 2.37. The molecule has 2 nitrogen and oxygen atoms in total. The van der Waals surface area contributed by atoms with E-state index in [1.54, 1.807) is 12.3 Å². The van der Waals surface area contributed by atoms with Gasteiger partial charge in [0.2, 0.25) is 0 Å².